The van der Waals surface area contributed by atoms with E-state index in [1.54, 1.807) is 16.7 Å². The van der Waals surface area contributed by atoms with Gasteiger partial charge < -0.3 is 19.6 Å². The number of ether oxygens (including phenoxy) is 1. The highest BCUT2D eigenvalue weighted by Gasteiger charge is 2.71. The van der Waals surface area contributed by atoms with Gasteiger partial charge in [0.2, 0.25) is 11.8 Å². The zero-order chi connectivity index (χ0) is 24.2. The quantitative estimate of drug-likeness (QED) is 0.484. The van der Waals surface area contributed by atoms with Crippen LogP contribution in [0.2, 0.25) is 0 Å². The maximum absolute atomic E-state index is 14.3. The summed E-state index contributed by atoms with van der Waals surface area (Å²) < 4.78 is 4.56. The fourth-order valence-corrected chi connectivity index (χ4v) is 8.39. The van der Waals surface area contributed by atoms with Crippen LogP contribution in [-0.4, -0.2) is 80.6 Å². The van der Waals surface area contributed by atoms with Gasteiger partial charge in [-0.3, -0.25) is 14.4 Å². The normalized spacial score (nSPS) is 34.1. The number of thioether (sulfide) groups is 1. The lowest BCUT2D eigenvalue weighted by Gasteiger charge is -2.44. The number of aliphatic hydroxyl groups excluding tert-OH is 1. The molecule has 4 rings (SSSR count). The van der Waals surface area contributed by atoms with Crippen molar-refractivity contribution >= 4 is 29.5 Å². The standard InChI is InChI=1S/C25H36N2O5S/c1-23(2,3)15-24(4,5)27-12-7-10-25-18(17-16(33-25)9-6-14-32-22(17)31)20(29)26(11-8-13-28)19(25)21(27)30/h6-7,9-10,16-19,28H,8,11-15H2,1-5H3/t16-,17+,18+,19?,25+/m1/s1. The molecule has 0 aromatic carbocycles. The molecule has 4 aliphatic rings. The molecule has 182 valence electrons. The van der Waals surface area contributed by atoms with Crippen molar-refractivity contribution in [2.75, 3.05) is 26.3 Å². The van der Waals surface area contributed by atoms with E-state index in [9.17, 15) is 19.5 Å². The third-order valence-electron chi connectivity index (χ3n) is 7.16. The summed E-state index contributed by atoms with van der Waals surface area (Å²) in [5.41, 5.74) is -0.396. The first-order valence-electron chi connectivity index (χ1n) is 11.8. The molecule has 2 amide bonds. The number of rotatable bonds is 5. The molecule has 7 nitrogen and oxygen atoms in total. The van der Waals surface area contributed by atoms with Crippen LogP contribution in [0.3, 0.4) is 0 Å². The van der Waals surface area contributed by atoms with E-state index in [2.05, 4.69) is 34.6 Å². The van der Waals surface area contributed by atoms with Crippen molar-refractivity contribution in [3.63, 3.8) is 0 Å². The topological polar surface area (TPSA) is 87.2 Å². The van der Waals surface area contributed by atoms with Gasteiger partial charge in [0.1, 0.15) is 12.6 Å². The number of likely N-dealkylation sites (tertiary alicyclic amines) is 1. The highest BCUT2D eigenvalue weighted by Crippen LogP contribution is 2.61. The van der Waals surface area contributed by atoms with Crippen LogP contribution in [0.5, 0.6) is 0 Å². The third kappa shape index (κ3) is 4.03. The summed E-state index contributed by atoms with van der Waals surface area (Å²) in [6, 6.07) is -0.710. The van der Waals surface area contributed by atoms with Crippen LogP contribution in [-0.2, 0) is 19.1 Å². The largest absolute Gasteiger partial charge is 0.461 e. The molecule has 33 heavy (non-hydrogen) atoms. The number of hydrogen-bond donors (Lipinski definition) is 1. The molecule has 2 fully saturated rings. The van der Waals surface area contributed by atoms with Crippen LogP contribution in [0, 0.1) is 17.3 Å². The Morgan fingerprint density at radius 1 is 1.15 bits per heavy atom. The number of cyclic esters (lactones) is 1. The number of amides is 2. The van der Waals surface area contributed by atoms with Gasteiger partial charge in [-0.15, -0.1) is 11.8 Å². The van der Waals surface area contributed by atoms with Gasteiger partial charge in [0.05, 0.1) is 16.6 Å². The van der Waals surface area contributed by atoms with E-state index in [1.165, 1.54) is 0 Å². The highest BCUT2D eigenvalue weighted by atomic mass is 32.2. The zero-order valence-corrected chi connectivity index (χ0v) is 21.1. The molecule has 4 heterocycles. The Labute approximate surface area is 200 Å². The summed E-state index contributed by atoms with van der Waals surface area (Å²) in [4.78, 5) is 44.5. The second-order valence-corrected chi connectivity index (χ2v) is 12.9. The van der Waals surface area contributed by atoms with E-state index in [-0.39, 0.29) is 48.2 Å². The lowest BCUT2D eigenvalue weighted by Crippen LogP contribution is -2.58. The summed E-state index contributed by atoms with van der Waals surface area (Å²) in [7, 11) is 0. The molecule has 1 unspecified atom stereocenters. The molecule has 0 bridgehead atoms. The molecule has 4 aliphatic heterocycles. The molecule has 0 aliphatic carbocycles. The van der Waals surface area contributed by atoms with Crippen molar-refractivity contribution in [2.24, 2.45) is 17.3 Å². The van der Waals surface area contributed by atoms with E-state index < -0.39 is 28.2 Å². The van der Waals surface area contributed by atoms with Crippen LogP contribution < -0.4 is 0 Å². The Kier molecular flexibility index (Phi) is 6.23. The van der Waals surface area contributed by atoms with E-state index >= 15 is 0 Å². The van der Waals surface area contributed by atoms with Gasteiger partial charge in [-0.05, 0) is 32.1 Å². The summed E-state index contributed by atoms with van der Waals surface area (Å²) >= 11 is 1.55. The van der Waals surface area contributed by atoms with Gasteiger partial charge >= 0.3 is 5.97 Å². The molecular weight excluding hydrogens is 440 g/mol. The average molecular weight is 477 g/mol. The minimum absolute atomic E-state index is 0.0198. The predicted octanol–water partition coefficient (Wildman–Crippen LogP) is 2.39. The molecule has 0 aromatic heterocycles. The maximum atomic E-state index is 14.3. The maximum Gasteiger partial charge on any atom is 0.311 e. The Morgan fingerprint density at radius 3 is 2.55 bits per heavy atom. The number of carbonyl (C=O) groups is 3. The summed E-state index contributed by atoms with van der Waals surface area (Å²) in [5, 5.41) is 9.27. The monoisotopic (exact) mass is 476 g/mol. The van der Waals surface area contributed by atoms with Crippen LogP contribution in [0.15, 0.2) is 24.3 Å². The number of carbonyl (C=O) groups excluding carboxylic acids is 3. The van der Waals surface area contributed by atoms with Crippen molar-refractivity contribution in [3.8, 4) is 0 Å². The Balaban J connectivity index is 1.79. The molecular formula is C25H36N2O5S. The lowest BCUT2D eigenvalue weighted by molar-refractivity contribution is -0.151. The third-order valence-corrected chi connectivity index (χ3v) is 8.91. The highest BCUT2D eigenvalue weighted by molar-refractivity contribution is 8.02. The first kappa shape index (κ1) is 24.3. The average Bonchev–Trinajstić information content (AvgIpc) is 2.98. The van der Waals surface area contributed by atoms with E-state index in [0.29, 0.717) is 13.0 Å². The van der Waals surface area contributed by atoms with E-state index in [0.717, 1.165) is 6.42 Å². The Hall–Kier alpha value is -1.80. The van der Waals surface area contributed by atoms with Gasteiger partial charge in [0.15, 0.2) is 0 Å². The van der Waals surface area contributed by atoms with E-state index in [1.807, 2.05) is 29.2 Å². The predicted molar refractivity (Wildman–Crippen MR) is 127 cm³/mol. The number of nitrogens with zero attached hydrogens (tertiary/aromatic N) is 2. The molecule has 2 saturated heterocycles. The first-order chi connectivity index (χ1) is 15.4. The van der Waals surface area contributed by atoms with Crippen molar-refractivity contribution in [3.05, 3.63) is 24.3 Å². The minimum atomic E-state index is -0.827. The Bertz CT molecular complexity index is 892. The summed E-state index contributed by atoms with van der Waals surface area (Å²) in [6.45, 7) is 11.5. The fourth-order valence-electron chi connectivity index (χ4n) is 6.39. The van der Waals surface area contributed by atoms with Crippen molar-refractivity contribution in [1.82, 2.24) is 9.80 Å². The number of hydrogen-bond acceptors (Lipinski definition) is 6. The first-order valence-corrected chi connectivity index (χ1v) is 12.7. The molecule has 5 atom stereocenters. The molecule has 0 aromatic rings. The molecule has 0 radical (unpaired) electrons. The number of esters is 1. The van der Waals surface area contributed by atoms with Gasteiger partial charge in [-0.2, -0.15) is 0 Å². The number of fused-ring (bicyclic) bond motifs is 2. The Morgan fingerprint density at radius 2 is 1.88 bits per heavy atom. The number of aliphatic hydroxyl groups is 1. The minimum Gasteiger partial charge on any atom is -0.461 e. The lowest BCUT2D eigenvalue weighted by atomic mass is 9.78. The van der Waals surface area contributed by atoms with Crippen LogP contribution in [0.1, 0.15) is 47.5 Å². The fraction of sp³-hybridized carbons (Fsp3) is 0.720. The smallest absolute Gasteiger partial charge is 0.311 e. The summed E-state index contributed by atoms with van der Waals surface area (Å²) in [6.07, 6.45) is 9.00. The van der Waals surface area contributed by atoms with Gasteiger partial charge in [-0.1, -0.05) is 45.1 Å². The van der Waals surface area contributed by atoms with Gasteiger partial charge in [0, 0.05) is 30.5 Å². The molecule has 8 heteroatoms. The van der Waals surface area contributed by atoms with E-state index in [4.69, 9.17) is 4.74 Å². The SMILES string of the molecule is CC(C)(C)CC(C)(C)N1CC=C[C@]23S[C@@H]4C=CCOC(=O)[C@@H]4[C@H]2C(=O)N(CCCO)C3C1=O. The van der Waals surface area contributed by atoms with Crippen LogP contribution >= 0.6 is 11.8 Å². The van der Waals surface area contributed by atoms with Gasteiger partial charge in [0.25, 0.3) is 0 Å². The van der Waals surface area contributed by atoms with Gasteiger partial charge in [-0.25, -0.2) is 0 Å². The summed E-state index contributed by atoms with van der Waals surface area (Å²) in [5.74, 6) is -1.91. The molecule has 1 spiro atoms. The molecule has 0 saturated carbocycles. The zero-order valence-electron chi connectivity index (χ0n) is 20.2. The second kappa shape index (κ2) is 8.45. The van der Waals surface area contributed by atoms with Crippen molar-refractivity contribution in [2.45, 2.75) is 69.0 Å². The van der Waals surface area contributed by atoms with Crippen LogP contribution in [0.25, 0.3) is 0 Å². The molecule has 1 N–H and O–H groups in total. The van der Waals surface area contributed by atoms with Crippen molar-refractivity contribution in [1.29, 1.82) is 0 Å². The van der Waals surface area contributed by atoms with Crippen LogP contribution in [0.4, 0.5) is 0 Å². The second-order valence-electron chi connectivity index (χ2n) is 11.4. The van der Waals surface area contributed by atoms with Crippen molar-refractivity contribution < 1.29 is 24.2 Å².